The van der Waals surface area contributed by atoms with Crippen LogP contribution >= 0.6 is 11.3 Å². The summed E-state index contributed by atoms with van der Waals surface area (Å²) in [6.45, 7) is 0.100. The summed E-state index contributed by atoms with van der Waals surface area (Å²) in [5.74, 6) is -1.99. The number of rotatable bonds is 4. The highest BCUT2D eigenvalue weighted by molar-refractivity contribution is 7.15. The average molecular weight is 310 g/mol. The van der Waals surface area contributed by atoms with Gasteiger partial charge in [0.15, 0.2) is 11.6 Å². The zero-order chi connectivity index (χ0) is 15.0. The summed E-state index contributed by atoms with van der Waals surface area (Å²) in [7, 11) is 0. The Morgan fingerprint density at radius 3 is 2.90 bits per heavy atom. The third kappa shape index (κ3) is 2.42. The number of hydrogen-bond donors (Lipinski definition) is 1. The van der Waals surface area contributed by atoms with Crippen LogP contribution in [0.25, 0.3) is 4.96 Å². The van der Waals surface area contributed by atoms with Gasteiger partial charge in [0.25, 0.3) is 4.96 Å². The number of benzene rings is 1. The topological polar surface area (TPSA) is 72.5 Å². The molecule has 0 amide bonds. The van der Waals surface area contributed by atoms with Crippen LogP contribution in [0.2, 0.25) is 0 Å². The van der Waals surface area contributed by atoms with E-state index in [-0.39, 0.29) is 18.2 Å². The summed E-state index contributed by atoms with van der Waals surface area (Å²) >= 11 is 1.26. The molecule has 0 bridgehead atoms. The van der Waals surface area contributed by atoms with E-state index in [9.17, 15) is 18.9 Å². The maximum absolute atomic E-state index is 13.1. The Labute approximate surface area is 120 Å². The molecule has 2 heterocycles. The standard InChI is InChI=1S/C12H8F2N4O2S/c13-8-2-1-7(5-9(8)14)6-15-10-11(18(19)20)17-3-4-21-12(17)16-10/h1-5,15H,6H2. The first kappa shape index (κ1) is 13.4. The van der Waals surface area contributed by atoms with Gasteiger partial charge >= 0.3 is 5.82 Å². The molecule has 0 saturated heterocycles. The minimum atomic E-state index is -0.963. The minimum Gasteiger partial charge on any atom is -0.359 e. The first-order chi connectivity index (χ1) is 10.1. The lowest BCUT2D eigenvalue weighted by atomic mass is 10.2. The predicted molar refractivity (Wildman–Crippen MR) is 73.4 cm³/mol. The van der Waals surface area contributed by atoms with E-state index in [4.69, 9.17) is 0 Å². The fourth-order valence-electron chi connectivity index (χ4n) is 1.90. The largest absolute Gasteiger partial charge is 0.372 e. The van der Waals surface area contributed by atoms with E-state index in [1.54, 1.807) is 11.6 Å². The number of anilines is 1. The Kier molecular flexibility index (Phi) is 3.26. The number of nitro groups is 1. The molecular weight excluding hydrogens is 302 g/mol. The maximum atomic E-state index is 13.1. The van der Waals surface area contributed by atoms with Crippen LogP contribution < -0.4 is 5.32 Å². The summed E-state index contributed by atoms with van der Waals surface area (Å²) in [5.41, 5.74) is 0.458. The predicted octanol–water partition coefficient (Wildman–Crippen LogP) is 3.19. The highest BCUT2D eigenvalue weighted by Crippen LogP contribution is 2.28. The fourth-order valence-corrected chi connectivity index (χ4v) is 2.61. The van der Waals surface area contributed by atoms with Crippen molar-refractivity contribution in [2.24, 2.45) is 0 Å². The van der Waals surface area contributed by atoms with Crippen LogP contribution in [0, 0.1) is 21.7 Å². The van der Waals surface area contributed by atoms with Gasteiger partial charge in [-0.25, -0.2) is 8.78 Å². The Balaban J connectivity index is 1.87. The molecule has 0 aliphatic rings. The van der Waals surface area contributed by atoms with Crippen LogP contribution in [-0.4, -0.2) is 14.3 Å². The Morgan fingerprint density at radius 2 is 2.19 bits per heavy atom. The molecule has 1 aromatic carbocycles. The van der Waals surface area contributed by atoms with Crippen molar-refractivity contribution in [3.8, 4) is 0 Å². The van der Waals surface area contributed by atoms with Crippen molar-refractivity contribution in [2.45, 2.75) is 6.54 Å². The molecule has 0 spiro atoms. The van der Waals surface area contributed by atoms with Crippen LogP contribution in [0.15, 0.2) is 29.8 Å². The fraction of sp³-hybridized carbons (Fsp3) is 0.0833. The molecule has 2 aromatic heterocycles. The van der Waals surface area contributed by atoms with E-state index in [2.05, 4.69) is 10.3 Å². The van der Waals surface area contributed by atoms with Crippen LogP contribution in [-0.2, 0) is 6.54 Å². The molecule has 3 aromatic rings. The zero-order valence-corrected chi connectivity index (χ0v) is 11.2. The number of thiazole rings is 1. The van der Waals surface area contributed by atoms with Crippen molar-refractivity contribution in [2.75, 3.05) is 5.32 Å². The molecule has 108 valence electrons. The molecule has 0 radical (unpaired) electrons. The van der Waals surface area contributed by atoms with E-state index >= 15 is 0 Å². The Hall–Kier alpha value is -2.55. The number of imidazole rings is 1. The molecule has 21 heavy (non-hydrogen) atoms. The van der Waals surface area contributed by atoms with E-state index in [0.29, 0.717) is 10.5 Å². The lowest BCUT2D eigenvalue weighted by molar-refractivity contribution is -0.389. The minimum absolute atomic E-state index is 0.0941. The van der Waals surface area contributed by atoms with Crippen LogP contribution in [0.1, 0.15) is 5.56 Å². The van der Waals surface area contributed by atoms with Crippen molar-refractivity contribution in [1.29, 1.82) is 0 Å². The van der Waals surface area contributed by atoms with Gasteiger partial charge in [-0.2, -0.15) is 9.38 Å². The van der Waals surface area contributed by atoms with Gasteiger partial charge in [-0.05, 0) is 22.6 Å². The van der Waals surface area contributed by atoms with E-state index < -0.39 is 16.6 Å². The van der Waals surface area contributed by atoms with E-state index in [0.717, 1.165) is 12.1 Å². The average Bonchev–Trinajstić information content (AvgIpc) is 2.99. The molecule has 0 aliphatic carbocycles. The smallest absolute Gasteiger partial charge is 0.359 e. The highest BCUT2D eigenvalue weighted by atomic mass is 32.1. The normalized spacial score (nSPS) is 11.0. The molecule has 1 N–H and O–H groups in total. The van der Waals surface area contributed by atoms with Crippen molar-refractivity contribution < 1.29 is 13.7 Å². The SMILES string of the molecule is O=[N+]([O-])c1c(NCc2ccc(F)c(F)c2)nc2sccn12. The second-order valence-electron chi connectivity index (χ2n) is 4.20. The number of nitrogens with one attached hydrogen (secondary N) is 1. The third-order valence-corrected chi connectivity index (χ3v) is 3.61. The van der Waals surface area contributed by atoms with Gasteiger partial charge in [-0.3, -0.25) is 0 Å². The van der Waals surface area contributed by atoms with Crippen molar-refractivity contribution in [3.05, 3.63) is 57.1 Å². The zero-order valence-electron chi connectivity index (χ0n) is 10.4. The molecule has 0 aliphatic heterocycles. The number of fused-ring (bicyclic) bond motifs is 1. The molecule has 0 unspecified atom stereocenters. The molecule has 9 heteroatoms. The van der Waals surface area contributed by atoms with Crippen LogP contribution in [0.4, 0.5) is 20.4 Å². The van der Waals surface area contributed by atoms with Gasteiger partial charge in [0.2, 0.25) is 5.82 Å². The summed E-state index contributed by atoms with van der Waals surface area (Å²) in [5, 5.41) is 15.6. The summed E-state index contributed by atoms with van der Waals surface area (Å²) in [6, 6.07) is 3.44. The van der Waals surface area contributed by atoms with Crippen molar-refractivity contribution in [1.82, 2.24) is 9.38 Å². The van der Waals surface area contributed by atoms with Crippen molar-refractivity contribution >= 4 is 27.9 Å². The number of nitrogens with zero attached hydrogens (tertiary/aromatic N) is 3. The van der Waals surface area contributed by atoms with Gasteiger partial charge in [-0.15, -0.1) is 0 Å². The Morgan fingerprint density at radius 1 is 1.38 bits per heavy atom. The molecule has 0 fully saturated rings. The summed E-state index contributed by atoms with van der Waals surface area (Å²) < 4.78 is 27.3. The van der Waals surface area contributed by atoms with Crippen molar-refractivity contribution in [3.63, 3.8) is 0 Å². The van der Waals surface area contributed by atoms with Gasteiger partial charge in [0.1, 0.15) is 6.20 Å². The monoisotopic (exact) mass is 310 g/mol. The molecular formula is C12H8F2N4O2S. The summed E-state index contributed by atoms with van der Waals surface area (Å²) in [6.07, 6.45) is 1.55. The van der Waals surface area contributed by atoms with Gasteiger partial charge < -0.3 is 15.4 Å². The van der Waals surface area contributed by atoms with Gasteiger partial charge in [0.05, 0.1) is 0 Å². The number of hydrogen-bond acceptors (Lipinski definition) is 5. The lowest BCUT2D eigenvalue weighted by Crippen LogP contribution is -2.04. The number of halogens is 2. The maximum Gasteiger partial charge on any atom is 0.372 e. The van der Waals surface area contributed by atoms with E-state index in [1.165, 1.54) is 21.8 Å². The van der Waals surface area contributed by atoms with Gasteiger partial charge in [0, 0.05) is 11.9 Å². The van der Waals surface area contributed by atoms with Crippen LogP contribution in [0.5, 0.6) is 0 Å². The quantitative estimate of drug-likeness (QED) is 0.593. The van der Waals surface area contributed by atoms with E-state index in [1.807, 2.05) is 0 Å². The third-order valence-electron chi connectivity index (χ3n) is 2.85. The van der Waals surface area contributed by atoms with Crippen LogP contribution in [0.3, 0.4) is 0 Å². The first-order valence-electron chi connectivity index (χ1n) is 5.84. The number of aromatic nitrogens is 2. The lowest BCUT2D eigenvalue weighted by Gasteiger charge is -2.04. The molecule has 0 atom stereocenters. The molecule has 6 nitrogen and oxygen atoms in total. The highest BCUT2D eigenvalue weighted by Gasteiger charge is 2.23. The molecule has 3 rings (SSSR count). The van der Waals surface area contributed by atoms with Gasteiger partial charge in [-0.1, -0.05) is 17.4 Å². The first-order valence-corrected chi connectivity index (χ1v) is 6.72. The summed E-state index contributed by atoms with van der Waals surface area (Å²) in [4.78, 5) is 15.2. The molecule has 0 saturated carbocycles. The second-order valence-corrected chi connectivity index (χ2v) is 5.07. The second kappa shape index (κ2) is 5.09. The Bertz CT molecular complexity index is 830.